The number of hydrogen-bond donors (Lipinski definition) is 1. The summed E-state index contributed by atoms with van der Waals surface area (Å²) in [6, 6.07) is 2.52. The van der Waals surface area contributed by atoms with Crippen molar-refractivity contribution in [1.82, 2.24) is 5.32 Å². The smallest absolute Gasteiger partial charge is 0.367 e. The van der Waals surface area contributed by atoms with Crippen LogP contribution in [0.1, 0.15) is 5.56 Å². The van der Waals surface area contributed by atoms with Gasteiger partial charge in [-0.2, -0.15) is 13.2 Å². The first-order valence-corrected chi connectivity index (χ1v) is 5.31. The molecule has 0 spiro atoms. The number of nitrogens with one attached hydrogen (secondary N) is 1. The van der Waals surface area contributed by atoms with Gasteiger partial charge in [-0.15, -0.1) is 12.4 Å². The van der Waals surface area contributed by atoms with Crippen molar-refractivity contribution in [2.75, 3.05) is 31.1 Å². The van der Waals surface area contributed by atoms with Gasteiger partial charge in [0.2, 0.25) is 0 Å². The van der Waals surface area contributed by atoms with Crippen molar-refractivity contribution in [3.8, 4) is 0 Å². The molecule has 0 aromatic heterocycles. The number of nitrogens with zero attached hydrogens (tertiary/aromatic N) is 1. The lowest BCUT2D eigenvalue weighted by Gasteiger charge is -2.30. The highest BCUT2D eigenvalue weighted by Gasteiger charge is 2.31. The fourth-order valence-electron chi connectivity index (χ4n) is 1.84. The van der Waals surface area contributed by atoms with Gasteiger partial charge in [0, 0.05) is 26.2 Å². The zero-order chi connectivity index (χ0) is 12.5. The van der Waals surface area contributed by atoms with Crippen molar-refractivity contribution < 1.29 is 17.6 Å². The first-order chi connectivity index (χ1) is 7.98. The first-order valence-electron chi connectivity index (χ1n) is 5.31. The number of halogens is 5. The van der Waals surface area contributed by atoms with Gasteiger partial charge in [0.05, 0.1) is 11.3 Å². The molecule has 0 amide bonds. The van der Waals surface area contributed by atoms with Crippen LogP contribution in [0.4, 0.5) is 23.2 Å². The molecule has 2 rings (SSSR count). The summed E-state index contributed by atoms with van der Waals surface area (Å²) < 4.78 is 51.1. The van der Waals surface area contributed by atoms with Crippen LogP contribution in [0.5, 0.6) is 0 Å². The molecule has 1 N–H and O–H groups in total. The average Bonchev–Trinajstić information content (AvgIpc) is 2.29. The van der Waals surface area contributed by atoms with Gasteiger partial charge in [-0.25, -0.2) is 4.39 Å². The van der Waals surface area contributed by atoms with E-state index in [1.807, 2.05) is 0 Å². The molecule has 0 aliphatic carbocycles. The van der Waals surface area contributed by atoms with E-state index < -0.39 is 17.6 Å². The lowest BCUT2D eigenvalue weighted by Crippen LogP contribution is -2.44. The molecule has 1 fully saturated rings. The summed E-state index contributed by atoms with van der Waals surface area (Å²) in [5, 5.41) is 3.06. The fraction of sp³-hybridized carbons (Fsp3) is 0.455. The predicted octanol–water partition coefficient (Wildman–Crippen LogP) is 2.68. The van der Waals surface area contributed by atoms with Gasteiger partial charge in [-0.3, -0.25) is 0 Å². The topological polar surface area (TPSA) is 15.3 Å². The summed E-state index contributed by atoms with van der Waals surface area (Å²) in [4.78, 5) is 1.63. The Balaban J connectivity index is 0.00000162. The summed E-state index contributed by atoms with van der Waals surface area (Å²) in [5.74, 6) is -0.611. The molecule has 1 aromatic rings. The molecule has 1 heterocycles. The van der Waals surface area contributed by atoms with Gasteiger partial charge in [0.15, 0.2) is 0 Å². The number of alkyl halides is 3. The van der Waals surface area contributed by atoms with E-state index in [9.17, 15) is 17.6 Å². The molecule has 1 saturated heterocycles. The molecule has 7 heteroatoms. The monoisotopic (exact) mass is 284 g/mol. The molecular weight excluding hydrogens is 272 g/mol. The van der Waals surface area contributed by atoms with E-state index in [1.54, 1.807) is 4.90 Å². The summed E-state index contributed by atoms with van der Waals surface area (Å²) in [6.45, 7) is 2.32. The number of rotatable bonds is 1. The molecule has 0 saturated carbocycles. The Bertz CT molecular complexity index is 403. The van der Waals surface area contributed by atoms with Crippen LogP contribution in [0, 0.1) is 5.82 Å². The van der Waals surface area contributed by atoms with Gasteiger partial charge in [-0.1, -0.05) is 0 Å². The third kappa shape index (κ3) is 3.26. The Morgan fingerprint density at radius 2 is 1.72 bits per heavy atom. The zero-order valence-corrected chi connectivity index (χ0v) is 10.2. The molecule has 1 aliphatic heterocycles. The van der Waals surface area contributed by atoms with Gasteiger partial charge in [0.1, 0.15) is 5.82 Å². The largest absolute Gasteiger partial charge is 0.416 e. The molecule has 0 atom stereocenters. The summed E-state index contributed by atoms with van der Waals surface area (Å²) in [7, 11) is 0. The number of piperazine rings is 1. The van der Waals surface area contributed by atoms with Crippen molar-refractivity contribution >= 4 is 18.1 Å². The van der Waals surface area contributed by atoms with Crippen LogP contribution in [0.25, 0.3) is 0 Å². The molecule has 0 bridgehead atoms. The molecule has 18 heavy (non-hydrogen) atoms. The van der Waals surface area contributed by atoms with Crippen LogP contribution in [0.2, 0.25) is 0 Å². The fourth-order valence-corrected chi connectivity index (χ4v) is 1.84. The minimum Gasteiger partial charge on any atom is -0.367 e. The van der Waals surface area contributed by atoms with Crippen LogP contribution in [0.3, 0.4) is 0 Å². The Kier molecular flexibility index (Phi) is 4.81. The second kappa shape index (κ2) is 5.75. The second-order valence-corrected chi connectivity index (χ2v) is 3.90. The van der Waals surface area contributed by atoms with E-state index in [-0.39, 0.29) is 18.1 Å². The SMILES string of the molecule is Cl.Fc1ccc(C(F)(F)F)cc1N1CCNCC1. The quantitative estimate of drug-likeness (QED) is 0.798. The molecule has 0 radical (unpaired) electrons. The highest BCUT2D eigenvalue weighted by Crippen LogP contribution is 2.33. The Morgan fingerprint density at radius 3 is 2.28 bits per heavy atom. The van der Waals surface area contributed by atoms with Crippen molar-refractivity contribution in [3.05, 3.63) is 29.6 Å². The van der Waals surface area contributed by atoms with E-state index in [0.29, 0.717) is 26.2 Å². The Morgan fingerprint density at radius 1 is 1.11 bits per heavy atom. The lowest BCUT2D eigenvalue weighted by molar-refractivity contribution is -0.137. The van der Waals surface area contributed by atoms with Crippen molar-refractivity contribution in [3.63, 3.8) is 0 Å². The van der Waals surface area contributed by atoms with Crippen LogP contribution in [-0.4, -0.2) is 26.2 Å². The zero-order valence-electron chi connectivity index (χ0n) is 9.43. The number of anilines is 1. The average molecular weight is 285 g/mol. The van der Waals surface area contributed by atoms with Crippen LogP contribution in [0.15, 0.2) is 18.2 Å². The highest BCUT2D eigenvalue weighted by molar-refractivity contribution is 5.85. The van der Waals surface area contributed by atoms with E-state index in [4.69, 9.17) is 0 Å². The minimum absolute atomic E-state index is 0. The normalized spacial score (nSPS) is 16.3. The minimum atomic E-state index is -4.43. The second-order valence-electron chi connectivity index (χ2n) is 3.90. The number of hydrogen-bond acceptors (Lipinski definition) is 2. The Labute approximate surface area is 108 Å². The molecule has 2 nitrogen and oxygen atoms in total. The van der Waals surface area contributed by atoms with Crippen molar-refractivity contribution in [2.45, 2.75) is 6.18 Å². The third-order valence-corrected chi connectivity index (χ3v) is 2.73. The molecule has 1 aromatic carbocycles. The van der Waals surface area contributed by atoms with E-state index in [1.165, 1.54) is 0 Å². The molecular formula is C11H13ClF4N2. The summed E-state index contributed by atoms with van der Waals surface area (Å²) in [6.07, 6.45) is -4.43. The summed E-state index contributed by atoms with van der Waals surface area (Å²) >= 11 is 0. The van der Waals surface area contributed by atoms with Gasteiger partial charge < -0.3 is 10.2 Å². The van der Waals surface area contributed by atoms with E-state index >= 15 is 0 Å². The standard InChI is InChI=1S/C11H12F4N2.ClH/c12-9-2-1-8(11(13,14)15)7-10(9)17-5-3-16-4-6-17;/h1-2,7,16H,3-6H2;1H. The first kappa shape index (κ1) is 15.0. The van der Waals surface area contributed by atoms with E-state index in [2.05, 4.69) is 5.32 Å². The highest BCUT2D eigenvalue weighted by atomic mass is 35.5. The van der Waals surface area contributed by atoms with Crippen LogP contribution < -0.4 is 10.2 Å². The van der Waals surface area contributed by atoms with Crippen molar-refractivity contribution in [1.29, 1.82) is 0 Å². The lowest BCUT2D eigenvalue weighted by atomic mass is 10.1. The van der Waals surface area contributed by atoms with Gasteiger partial charge in [-0.05, 0) is 18.2 Å². The van der Waals surface area contributed by atoms with Gasteiger partial charge in [0.25, 0.3) is 0 Å². The van der Waals surface area contributed by atoms with Crippen LogP contribution >= 0.6 is 12.4 Å². The third-order valence-electron chi connectivity index (χ3n) is 2.73. The van der Waals surface area contributed by atoms with Crippen LogP contribution in [-0.2, 0) is 6.18 Å². The van der Waals surface area contributed by atoms with E-state index in [0.717, 1.165) is 18.2 Å². The van der Waals surface area contributed by atoms with Crippen molar-refractivity contribution in [2.24, 2.45) is 0 Å². The van der Waals surface area contributed by atoms with Gasteiger partial charge >= 0.3 is 6.18 Å². The maximum Gasteiger partial charge on any atom is 0.416 e. The number of benzene rings is 1. The maximum atomic E-state index is 13.5. The molecule has 0 unspecified atom stereocenters. The molecule has 102 valence electrons. The predicted molar refractivity (Wildman–Crippen MR) is 63.7 cm³/mol. The Hall–Kier alpha value is -1.01. The summed E-state index contributed by atoms with van der Waals surface area (Å²) in [5.41, 5.74) is -0.784. The molecule has 1 aliphatic rings. The maximum absolute atomic E-state index is 13.5.